The van der Waals surface area contributed by atoms with E-state index in [-0.39, 0.29) is 47.2 Å². The monoisotopic (exact) mass is 484 g/mol. The van der Waals surface area contributed by atoms with E-state index in [0.29, 0.717) is 0 Å². The Morgan fingerprint density at radius 2 is 1.97 bits per heavy atom. The molecule has 7 nitrogen and oxygen atoms in total. The zero-order valence-corrected chi connectivity index (χ0v) is 17.6. The molecule has 174 valence electrons. The van der Waals surface area contributed by atoms with E-state index in [1.54, 1.807) is 4.90 Å². The molecule has 0 bridgehead atoms. The van der Waals surface area contributed by atoms with Gasteiger partial charge in [0.2, 0.25) is 0 Å². The molecule has 5 rings (SSSR count). The molecule has 2 fully saturated rings. The Balaban J connectivity index is 1.46. The predicted molar refractivity (Wildman–Crippen MR) is 113 cm³/mol. The minimum atomic E-state index is -2.87. The van der Waals surface area contributed by atoms with Gasteiger partial charge in [-0.1, -0.05) is 0 Å². The molecule has 0 radical (unpaired) electrons. The first-order chi connectivity index (χ1) is 15.6. The summed E-state index contributed by atoms with van der Waals surface area (Å²) in [6.07, 6.45) is 0.340. The van der Waals surface area contributed by atoms with Gasteiger partial charge in [-0.15, -0.1) is 5.10 Å². The minimum absolute atomic E-state index is 0.00318. The Kier molecular flexibility index (Phi) is 5.12. The number of aliphatic hydroxyl groups is 1. The molecule has 1 unspecified atom stereocenters. The summed E-state index contributed by atoms with van der Waals surface area (Å²) in [5.74, 6) is -4.83. The number of hydrogen-bond acceptors (Lipinski definition) is 5. The highest BCUT2D eigenvalue weighted by Gasteiger charge is 2.57. The second-order valence-corrected chi connectivity index (χ2v) is 8.47. The van der Waals surface area contributed by atoms with E-state index in [1.807, 2.05) is 0 Å². The lowest BCUT2D eigenvalue weighted by Gasteiger charge is -2.26. The zero-order valence-electron chi connectivity index (χ0n) is 16.8. The SMILES string of the molecule is O[C@@H]1C[C@H](c2cc(F)ccc2F)N(c2ccn3nc(F)c(NC(=S)NC4CC4(F)F)c3n2)C1. The van der Waals surface area contributed by atoms with Gasteiger partial charge in [0.15, 0.2) is 10.8 Å². The smallest absolute Gasteiger partial charge is 0.270 e. The number of aromatic nitrogens is 3. The Hall–Kier alpha value is -3.06. The third-order valence-corrected chi connectivity index (χ3v) is 5.91. The molecule has 0 amide bonds. The van der Waals surface area contributed by atoms with E-state index in [4.69, 9.17) is 12.2 Å². The van der Waals surface area contributed by atoms with Gasteiger partial charge in [0.05, 0.1) is 18.2 Å². The molecule has 1 aliphatic heterocycles. The van der Waals surface area contributed by atoms with Crippen molar-refractivity contribution in [1.82, 2.24) is 19.9 Å². The number of nitrogens with one attached hydrogen (secondary N) is 2. The highest BCUT2D eigenvalue weighted by atomic mass is 32.1. The van der Waals surface area contributed by atoms with Crippen molar-refractivity contribution in [2.45, 2.75) is 37.0 Å². The van der Waals surface area contributed by atoms with Gasteiger partial charge in [0.25, 0.3) is 11.9 Å². The van der Waals surface area contributed by atoms with Crippen LogP contribution < -0.4 is 15.5 Å². The second-order valence-electron chi connectivity index (χ2n) is 8.06. The fraction of sp³-hybridized carbons (Fsp3) is 0.350. The molecule has 1 saturated carbocycles. The lowest BCUT2D eigenvalue weighted by molar-refractivity contribution is 0.110. The third kappa shape index (κ3) is 4.06. The second kappa shape index (κ2) is 7.76. The first-order valence-corrected chi connectivity index (χ1v) is 10.4. The molecule has 2 aliphatic rings. The van der Waals surface area contributed by atoms with Crippen LogP contribution in [0.25, 0.3) is 5.65 Å². The van der Waals surface area contributed by atoms with Crippen LogP contribution in [0, 0.1) is 17.6 Å². The van der Waals surface area contributed by atoms with E-state index in [1.165, 1.54) is 12.3 Å². The Morgan fingerprint density at radius 1 is 1.21 bits per heavy atom. The van der Waals surface area contributed by atoms with Crippen LogP contribution in [0.5, 0.6) is 0 Å². The molecule has 1 aromatic carbocycles. The van der Waals surface area contributed by atoms with Gasteiger partial charge in [-0.05, 0) is 42.9 Å². The molecule has 0 spiro atoms. The molecule has 3 aromatic rings. The van der Waals surface area contributed by atoms with Crippen molar-refractivity contribution in [3.05, 3.63) is 53.6 Å². The summed E-state index contributed by atoms with van der Waals surface area (Å²) in [6.45, 7) is 0.0832. The average Bonchev–Trinajstić information content (AvgIpc) is 3.05. The summed E-state index contributed by atoms with van der Waals surface area (Å²) < 4.78 is 70.0. The van der Waals surface area contributed by atoms with Crippen molar-refractivity contribution in [2.75, 3.05) is 16.8 Å². The summed E-state index contributed by atoms with van der Waals surface area (Å²) in [7, 11) is 0. The zero-order chi connectivity index (χ0) is 23.5. The molecule has 3 atom stereocenters. The third-order valence-electron chi connectivity index (χ3n) is 5.69. The predicted octanol–water partition coefficient (Wildman–Crippen LogP) is 3.15. The summed E-state index contributed by atoms with van der Waals surface area (Å²) in [5, 5.41) is 18.6. The number of alkyl halides is 2. The van der Waals surface area contributed by atoms with Crippen molar-refractivity contribution >= 4 is 34.5 Å². The van der Waals surface area contributed by atoms with E-state index < -0.39 is 41.7 Å². The highest BCUT2D eigenvalue weighted by Crippen LogP contribution is 2.42. The van der Waals surface area contributed by atoms with Gasteiger partial charge in [0.1, 0.15) is 23.1 Å². The van der Waals surface area contributed by atoms with E-state index in [0.717, 1.165) is 22.7 Å². The van der Waals surface area contributed by atoms with Crippen molar-refractivity contribution in [2.24, 2.45) is 0 Å². The Bertz CT molecular complexity index is 1250. The number of hydrogen-bond donors (Lipinski definition) is 3. The first kappa shape index (κ1) is 21.8. The van der Waals surface area contributed by atoms with Crippen molar-refractivity contribution in [3.63, 3.8) is 0 Å². The highest BCUT2D eigenvalue weighted by molar-refractivity contribution is 7.80. The fourth-order valence-electron chi connectivity index (χ4n) is 3.97. The summed E-state index contributed by atoms with van der Waals surface area (Å²) >= 11 is 5.00. The maximum Gasteiger partial charge on any atom is 0.270 e. The van der Waals surface area contributed by atoms with Gasteiger partial charge < -0.3 is 20.6 Å². The van der Waals surface area contributed by atoms with Crippen LogP contribution in [0.1, 0.15) is 24.4 Å². The molecular weight excluding hydrogens is 467 g/mol. The molecule has 2 aromatic heterocycles. The van der Waals surface area contributed by atoms with Gasteiger partial charge in [-0.3, -0.25) is 0 Å². The van der Waals surface area contributed by atoms with Gasteiger partial charge in [0, 0.05) is 24.7 Å². The van der Waals surface area contributed by atoms with Crippen molar-refractivity contribution in [3.8, 4) is 0 Å². The number of aliphatic hydroxyl groups excluding tert-OH is 1. The lowest BCUT2D eigenvalue weighted by atomic mass is 10.0. The lowest BCUT2D eigenvalue weighted by Crippen LogP contribution is -2.33. The Morgan fingerprint density at radius 3 is 2.70 bits per heavy atom. The molecular formula is C20H17F5N6OS. The number of nitrogens with zero attached hydrogens (tertiary/aromatic N) is 4. The molecule has 1 aliphatic carbocycles. The van der Waals surface area contributed by atoms with E-state index in [9.17, 15) is 27.1 Å². The summed E-state index contributed by atoms with van der Waals surface area (Å²) in [6, 6.07) is 2.73. The van der Waals surface area contributed by atoms with E-state index in [2.05, 4.69) is 20.7 Å². The number of β-amino-alcohol motifs (C(OH)–C–C–N with tert-alkyl or cyclic N) is 1. The van der Waals surface area contributed by atoms with Crippen LogP contribution in [-0.2, 0) is 0 Å². The van der Waals surface area contributed by atoms with Crippen LogP contribution >= 0.6 is 12.2 Å². The largest absolute Gasteiger partial charge is 0.391 e. The number of anilines is 2. The number of halogens is 5. The maximum atomic E-state index is 14.5. The minimum Gasteiger partial charge on any atom is -0.391 e. The molecule has 3 N–H and O–H groups in total. The quantitative estimate of drug-likeness (QED) is 0.388. The molecule has 33 heavy (non-hydrogen) atoms. The number of benzene rings is 1. The topological polar surface area (TPSA) is 77.7 Å². The number of thiocarbonyl (C=S) groups is 1. The number of rotatable bonds is 4. The van der Waals surface area contributed by atoms with Crippen LogP contribution in [0.3, 0.4) is 0 Å². The van der Waals surface area contributed by atoms with Gasteiger partial charge >= 0.3 is 0 Å². The van der Waals surface area contributed by atoms with Gasteiger partial charge in [-0.2, -0.15) is 4.39 Å². The van der Waals surface area contributed by atoms with E-state index >= 15 is 0 Å². The molecule has 3 heterocycles. The van der Waals surface area contributed by atoms with Crippen molar-refractivity contribution in [1.29, 1.82) is 0 Å². The van der Waals surface area contributed by atoms with Crippen LogP contribution in [0.2, 0.25) is 0 Å². The number of fused-ring (bicyclic) bond motifs is 1. The van der Waals surface area contributed by atoms with Crippen LogP contribution in [0.4, 0.5) is 33.5 Å². The fourth-order valence-corrected chi connectivity index (χ4v) is 4.21. The summed E-state index contributed by atoms with van der Waals surface area (Å²) in [5.41, 5.74) is -0.176. The van der Waals surface area contributed by atoms with Crippen molar-refractivity contribution < 1.29 is 27.1 Å². The van der Waals surface area contributed by atoms with Crippen LogP contribution in [-0.4, -0.2) is 49.4 Å². The first-order valence-electron chi connectivity index (χ1n) is 10.0. The normalized spacial score (nSPS) is 23.7. The van der Waals surface area contributed by atoms with Crippen LogP contribution in [0.15, 0.2) is 30.5 Å². The average molecular weight is 484 g/mol. The standard InChI is InChI=1S/C20H17F5N6OS/c21-9-1-2-12(22)11(5-9)13-6-10(32)8-30(13)15-3-4-31-18(27-15)16(17(23)29-31)28-19(33)26-14-7-20(14,24)25/h1-5,10,13-14,32H,6-8H2,(H2,26,28,33)/t10-,13-,14?/m1/s1. The molecule has 13 heteroatoms. The van der Waals surface area contributed by atoms with Gasteiger partial charge in [-0.25, -0.2) is 27.1 Å². The molecule has 1 saturated heterocycles. The Labute approximate surface area is 189 Å². The maximum absolute atomic E-state index is 14.5. The summed E-state index contributed by atoms with van der Waals surface area (Å²) in [4.78, 5) is 5.96.